The van der Waals surface area contributed by atoms with Crippen LogP contribution in [0.25, 0.3) is 95.2 Å². The van der Waals surface area contributed by atoms with E-state index in [1.54, 1.807) is 0 Å². The molecule has 5 nitrogen and oxygen atoms in total. The molecule has 0 amide bonds. The Hall–Kier alpha value is -7.50. The molecule has 0 fully saturated rings. The third-order valence-corrected chi connectivity index (χ3v) is 11.7. The van der Waals surface area contributed by atoms with E-state index in [-0.39, 0.29) is 5.41 Å². The minimum atomic E-state index is -0.276. The maximum absolute atomic E-state index is 5.18. The molecule has 0 N–H and O–H groups in total. The van der Waals surface area contributed by atoms with Crippen LogP contribution < -0.4 is 0 Å². The molecule has 0 saturated carbocycles. The van der Waals surface area contributed by atoms with Crippen molar-refractivity contribution in [2.24, 2.45) is 0 Å². The fourth-order valence-corrected chi connectivity index (χ4v) is 8.78. The predicted octanol–water partition coefficient (Wildman–Crippen LogP) is 13.0. The van der Waals surface area contributed by atoms with Gasteiger partial charge >= 0.3 is 0 Å². The maximum atomic E-state index is 5.18. The van der Waals surface area contributed by atoms with Gasteiger partial charge in [0, 0.05) is 44.6 Å². The number of rotatable bonds is 6. The van der Waals surface area contributed by atoms with Gasteiger partial charge in [-0.25, -0.2) is 19.9 Å². The maximum Gasteiger partial charge on any atom is 0.164 e. The molecule has 7 aromatic carbocycles. The molecule has 1 aliphatic carbocycles. The summed E-state index contributed by atoms with van der Waals surface area (Å²) >= 11 is 0. The second-order valence-corrected chi connectivity index (χ2v) is 15.5. The normalized spacial score (nSPS) is 12.8. The summed E-state index contributed by atoms with van der Waals surface area (Å²) in [7, 11) is 0. The first-order valence-corrected chi connectivity index (χ1v) is 19.7. The van der Waals surface area contributed by atoms with Crippen molar-refractivity contribution in [1.82, 2.24) is 24.5 Å². The summed E-state index contributed by atoms with van der Waals surface area (Å²) in [5.41, 5.74) is 15.4. The summed E-state index contributed by atoms with van der Waals surface area (Å²) in [5.74, 6) is 1.91. The molecule has 1 aliphatic rings. The Morgan fingerprint density at radius 1 is 0.414 bits per heavy atom. The van der Waals surface area contributed by atoms with Gasteiger partial charge in [-0.15, -0.1) is 0 Å². The molecule has 0 atom stereocenters. The molecule has 0 bridgehead atoms. The van der Waals surface area contributed by atoms with Gasteiger partial charge in [0.1, 0.15) is 5.65 Å². The second kappa shape index (κ2) is 13.3. The lowest BCUT2D eigenvalue weighted by molar-refractivity contribution is 0.660. The highest BCUT2D eigenvalue weighted by molar-refractivity contribution is 6.08. The van der Waals surface area contributed by atoms with Crippen LogP contribution in [0, 0.1) is 0 Å². The number of hydrogen-bond donors (Lipinski definition) is 0. The highest BCUT2D eigenvalue weighted by Gasteiger charge is 2.38. The SMILES string of the molecule is CC1(C)c2cc(-c3nc(-c4ccc(-c5ccccc5)cc4)nc(-c4ccc(-c5ccccc5)cc4)n3)ccc2-c2c(-n3c4ccccc4c4cccnc43)cccc21. The van der Waals surface area contributed by atoms with E-state index in [0.29, 0.717) is 17.5 Å². The third kappa shape index (κ3) is 5.47. The van der Waals surface area contributed by atoms with E-state index in [1.165, 1.54) is 38.8 Å². The molecule has 3 aromatic heterocycles. The molecule has 10 aromatic rings. The average molecular weight is 744 g/mol. The van der Waals surface area contributed by atoms with Crippen molar-refractivity contribution in [2.45, 2.75) is 19.3 Å². The zero-order valence-corrected chi connectivity index (χ0v) is 32.1. The van der Waals surface area contributed by atoms with Gasteiger partial charge in [0.15, 0.2) is 17.5 Å². The lowest BCUT2D eigenvalue weighted by atomic mass is 9.82. The summed E-state index contributed by atoms with van der Waals surface area (Å²) in [6, 6.07) is 64.1. The summed E-state index contributed by atoms with van der Waals surface area (Å²) in [6.07, 6.45) is 1.89. The van der Waals surface area contributed by atoms with E-state index < -0.39 is 0 Å². The molecule has 0 radical (unpaired) electrons. The molecule has 58 heavy (non-hydrogen) atoms. The summed E-state index contributed by atoms with van der Waals surface area (Å²) in [6.45, 7) is 4.64. The first kappa shape index (κ1) is 33.8. The molecule has 0 unspecified atom stereocenters. The van der Waals surface area contributed by atoms with Crippen molar-refractivity contribution in [3.8, 4) is 73.2 Å². The lowest BCUT2D eigenvalue weighted by Gasteiger charge is -2.22. The standard InChI is InChI=1S/C53H37N5/c1-53(2)44-19-11-21-47(58-46-20-10-9-17-41(46)42-18-12-32-54-52(42)58)48(44)43-31-30-40(33-45(43)53)51-56-49(38-26-22-36(23-27-38)34-13-5-3-6-14-34)55-50(57-51)39-28-24-37(25-29-39)35-15-7-4-8-16-35/h3-33H,1-2H3. The van der Waals surface area contributed by atoms with Crippen LogP contribution in [0.2, 0.25) is 0 Å². The Morgan fingerprint density at radius 2 is 0.931 bits per heavy atom. The van der Waals surface area contributed by atoms with E-state index in [0.717, 1.165) is 50.1 Å². The highest BCUT2D eigenvalue weighted by Crippen LogP contribution is 2.52. The van der Waals surface area contributed by atoms with Crippen molar-refractivity contribution in [1.29, 1.82) is 0 Å². The van der Waals surface area contributed by atoms with Gasteiger partial charge in [-0.05, 0) is 69.3 Å². The zero-order valence-electron chi connectivity index (χ0n) is 32.1. The Bertz CT molecular complexity index is 3010. The first-order chi connectivity index (χ1) is 28.5. The zero-order chi connectivity index (χ0) is 38.8. The minimum Gasteiger partial charge on any atom is -0.293 e. The van der Waals surface area contributed by atoms with Crippen LogP contribution in [0.3, 0.4) is 0 Å². The molecule has 3 heterocycles. The first-order valence-electron chi connectivity index (χ1n) is 19.7. The summed E-state index contributed by atoms with van der Waals surface area (Å²) < 4.78 is 2.33. The molecule has 0 saturated heterocycles. The molecule has 274 valence electrons. The number of nitrogens with zero attached hydrogens (tertiary/aromatic N) is 5. The largest absolute Gasteiger partial charge is 0.293 e. The Kier molecular flexibility index (Phi) is 7.76. The Balaban J connectivity index is 1.05. The van der Waals surface area contributed by atoms with Crippen LogP contribution in [0.5, 0.6) is 0 Å². The van der Waals surface area contributed by atoms with Gasteiger partial charge < -0.3 is 0 Å². The topological polar surface area (TPSA) is 56.5 Å². The minimum absolute atomic E-state index is 0.276. The van der Waals surface area contributed by atoms with Gasteiger partial charge in [0.05, 0.1) is 11.2 Å². The summed E-state index contributed by atoms with van der Waals surface area (Å²) in [4.78, 5) is 20.4. The van der Waals surface area contributed by atoms with Gasteiger partial charge in [-0.2, -0.15) is 0 Å². The van der Waals surface area contributed by atoms with Crippen molar-refractivity contribution >= 4 is 21.9 Å². The molecule has 0 aliphatic heterocycles. The number of pyridine rings is 1. The fraction of sp³-hybridized carbons (Fsp3) is 0.0566. The monoisotopic (exact) mass is 743 g/mol. The van der Waals surface area contributed by atoms with E-state index in [4.69, 9.17) is 19.9 Å². The fourth-order valence-electron chi connectivity index (χ4n) is 8.78. The van der Waals surface area contributed by atoms with E-state index in [9.17, 15) is 0 Å². The van der Waals surface area contributed by atoms with E-state index in [2.05, 4.69) is 182 Å². The average Bonchev–Trinajstić information content (AvgIpc) is 3.75. The summed E-state index contributed by atoms with van der Waals surface area (Å²) in [5, 5.41) is 2.34. The van der Waals surface area contributed by atoms with Crippen LogP contribution in [-0.2, 0) is 5.41 Å². The number of para-hydroxylation sites is 1. The van der Waals surface area contributed by atoms with Crippen LogP contribution >= 0.6 is 0 Å². The van der Waals surface area contributed by atoms with Crippen molar-refractivity contribution in [3.05, 3.63) is 199 Å². The highest BCUT2D eigenvalue weighted by atomic mass is 15.1. The lowest BCUT2D eigenvalue weighted by Crippen LogP contribution is -2.15. The van der Waals surface area contributed by atoms with Crippen molar-refractivity contribution in [2.75, 3.05) is 0 Å². The third-order valence-electron chi connectivity index (χ3n) is 11.7. The Morgan fingerprint density at radius 3 is 1.57 bits per heavy atom. The van der Waals surface area contributed by atoms with Crippen molar-refractivity contribution < 1.29 is 0 Å². The number of benzene rings is 7. The van der Waals surface area contributed by atoms with Crippen LogP contribution in [-0.4, -0.2) is 24.5 Å². The van der Waals surface area contributed by atoms with E-state index >= 15 is 0 Å². The van der Waals surface area contributed by atoms with E-state index in [1.807, 2.05) is 24.4 Å². The number of fused-ring (bicyclic) bond motifs is 6. The van der Waals surface area contributed by atoms with Gasteiger partial charge in [-0.3, -0.25) is 4.57 Å². The van der Waals surface area contributed by atoms with Crippen molar-refractivity contribution in [3.63, 3.8) is 0 Å². The van der Waals surface area contributed by atoms with Crippen LogP contribution in [0.4, 0.5) is 0 Å². The quantitative estimate of drug-likeness (QED) is 0.170. The van der Waals surface area contributed by atoms with Gasteiger partial charge in [0.25, 0.3) is 0 Å². The molecule has 5 heteroatoms. The molecular weight excluding hydrogens is 707 g/mol. The van der Waals surface area contributed by atoms with Gasteiger partial charge in [0.2, 0.25) is 0 Å². The second-order valence-electron chi connectivity index (χ2n) is 15.5. The molecular formula is C53H37N5. The predicted molar refractivity (Wildman–Crippen MR) is 237 cm³/mol. The Labute approximate surface area is 337 Å². The number of hydrogen-bond acceptors (Lipinski definition) is 4. The number of aromatic nitrogens is 5. The molecule has 0 spiro atoms. The van der Waals surface area contributed by atoms with Crippen LogP contribution in [0.1, 0.15) is 25.0 Å². The van der Waals surface area contributed by atoms with Gasteiger partial charge in [-0.1, -0.05) is 166 Å². The molecule has 11 rings (SSSR count). The smallest absolute Gasteiger partial charge is 0.164 e. The van der Waals surface area contributed by atoms with Crippen LogP contribution in [0.15, 0.2) is 188 Å².